The van der Waals surface area contributed by atoms with Crippen LogP contribution in [-0.2, 0) is 4.79 Å². The number of nitrogens with zero attached hydrogens (tertiary/aromatic N) is 3. The minimum atomic E-state index is -0.196. The van der Waals surface area contributed by atoms with E-state index in [1.165, 1.54) is 22.3 Å². The second kappa shape index (κ2) is 6.29. The van der Waals surface area contributed by atoms with Crippen LogP contribution in [-0.4, -0.2) is 21.2 Å². The van der Waals surface area contributed by atoms with Crippen molar-refractivity contribution in [2.24, 2.45) is 10.5 Å². The fourth-order valence-corrected chi connectivity index (χ4v) is 4.46. The number of benzene rings is 1. The number of aromatic nitrogens is 2. The van der Waals surface area contributed by atoms with Crippen molar-refractivity contribution in [2.45, 2.75) is 33.1 Å². The van der Waals surface area contributed by atoms with Gasteiger partial charge in [0.15, 0.2) is 0 Å². The molecule has 4 rings (SSSR count). The van der Waals surface area contributed by atoms with E-state index in [1.807, 2.05) is 35.7 Å². The van der Waals surface area contributed by atoms with E-state index in [-0.39, 0.29) is 16.8 Å². The van der Waals surface area contributed by atoms with Gasteiger partial charge in [-0.05, 0) is 17.4 Å². The summed E-state index contributed by atoms with van der Waals surface area (Å²) >= 11 is 1.45. The zero-order chi connectivity index (χ0) is 18.3. The Hall–Kier alpha value is -2.60. The number of thiophene rings is 1. The van der Waals surface area contributed by atoms with Crippen LogP contribution < -0.4 is 5.56 Å². The highest BCUT2D eigenvalue weighted by atomic mass is 32.1. The highest BCUT2D eigenvalue weighted by Crippen LogP contribution is 2.32. The summed E-state index contributed by atoms with van der Waals surface area (Å²) in [5, 5.41) is 7.01. The summed E-state index contributed by atoms with van der Waals surface area (Å²) in [7, 11) is 0. The molecule has 0 radical (unpaired) electrons. The quantitative estimate of drug-likeness (QED) is 0.686. The van der Waals surface area contributed by atoms with Gasteiger partial charge in [0.05, 0.1) is 5.39 Å². The van der Waals surface area contributed by atoms with Gasteiger partial charge in [0.1, 0.15) is 16.9 Å². The standard InChI is InChI=1S/C20H19N3O2S/c1-20(2)9-14(8-15(24)10-20)22-23-12-21-18-17(19(23)25)16(11-26-18)13-6-4-3-5-7-13/h3-7,11-12H,8-10H2,1-2H3/b22-14-. The topological polar surface area (TPSA) is 64.3 Å². The van der Waals surface area contributed by atoms with Crippen molar-refractivity contribution in [3.05, 3.63) is 52.4 Å². The molecule has 0 atom stereocenters. The average molecular weight is 365 g/mol. The lowest BCUT2D eigenvalue weighted by atomic mass is 9.76. The van der Waals surface area contributed by atoms with E-state index in [2.05, 4.69) is 23.9 Å². The summed E-state index contributed by atoms with van der Waals surface area (Å²) < 4.78 is 1.28. The number of carbonyl (C=O) groups excluding carboxylic acids is 1. The molecule has 3 aromatic rings. The third-order valence-electron chi connectivity index (χ3n) is 4.57. The predicted octanol–water partition coefficient (Wildman–Crippen LogP) is 4.11. The van der Waals surface area contributed by atoms with Crippen molar-refractivity contribution in [2.75, 3.05) is 0 Å². The Morgan fingerprint density at radius 1 is 1.15 bits per heavy atom. The number of rotatable bonds is 2. The molecule has 1 aliphatic carbocycles. The maximum absolute atomic E-state index is 13.0. The predicted molar refractivity (Wildman–Crippen MR) is 105 cm³/mol. The first-order valence-corrected chi connectivity index (χ1v) is 9.44. The first-order valence-electron chi connectivity index (χ1n) is 8.56. The molecule has 2 aromatic heterocycles. The van der Waals surface area contributed by atoms with Gasteiger partial charge in [-0.2, -0.15) is 9.78 Å². The first-order chi connectivity index (χ1) is 12.4. The Balaban J connectivity index is 1.83. The van der Waals surface area contributed by atoms with Crippen molar-refractivity contribution in [3.8, 4) is 11.1 Å². The smallest absolute Gasteiger partial charge is 0.283 e. The van der Waals surface area contributed by atoms with Crippen LogP contribution in [0.4, 0.5) is 0 Å². The van der Waals surface area contributed by atoms with Crippen LogP contribution in [0.5, 0.6) is 0 Å². The minimum Gasteiger partial charge on any atom is -0.299 e. The van der Waals surface area contributed by atoms with E-state index >= 15 is 0 Å². The molecule has 6 heteroatoms. The molecule has 0 amide bonds. The molecule has 26 heavy (non-hydrogen) atoms. The van der Waals surface area contributed by atoms with Gasteiger partial charge in [0.25, 0.3) is 5.56 Å². The van der Waals surface area contributed by atoms with E-state index in [0.717, 1.165) is 16.8 Å². The van der Waals surface area contributed by atoms with Crippen LogP contribution in [0.3, 0.4) is 0 Å². The molecule has 0 spiro atoms. The van der Waals surface area contributed by atoms with Crippen LogP contribution in [0, 0.1) is 5.41 Å². The lowest BCUT2D eigenvalue weighted by Gasteiger charge is -2.29. The molecule has 0 bridgehead atoms. The SMILES string of the molecule is CC1(C)CC(=O)C/C(=N/n2cnc3scc(-c4ccccc4)c3c2=O)C1. The first kappa shape index (κ1) is 16.8. The molecule has 1 saturated carbocycles. The van der Waals surface area contributed by atoms with Crippen LogP contribution in [0.25, 0.3) is 21.3 Å². The third-order valence-corrected chi connectivity index (χ3v) is 5.46. The number of fused-ring (bicyclic) bond motifs is 1. The maximum Gasteiger partial charge on any atom is 0.283 e. The molecular weight excluding hydrogens is 346 g/mol. The van der Waals surface area contributed by atoms with E-state index in [9.17, 15) is 9.59 Å². The Labute approximate surface area is 155 Å². The van der Waals surface area contributed by atoms with Crippen LogP contribution in [0.15, 0.2) is 51.9 Å². The van der Waals surface area contributed by atoms with Crippen molar-refractivity contribution < 1.29 is 4.79 Å². The Kier molecular flexibility index (Phi) is 4.07. The summed E-state index contributed by atoms with van der Waals surface area (Å²) in [5.74, 6) is 0.169. The highest BCUT2D eigenvalue weighted by molar-refractivity contribution is 7.17. The number of Topliss-reactive ketones (excluding diaryl/α,β-unsaturated/α-hetero) is 1. The van der Waals surface area contributed by atoms with Crippen LogP contribution in [0.2, 0.25) is 0 Å². The number of hydrogen-bond donors (Lipinski definition) is 0. The average Bonchev–Trinajstić information content (AvgIpc) is 3.01. The molecule has 1 fully saturated rings. The van der Waals surface area contributed by atoms with Gasteiger partial charge in [-0.1, -0.05) is 44.2 Å². The number of ketones is 1. The van der Waals surface area contributed by atoms with Gasteiger partial charge in [-0.15, -0.1) is 11.3 Å². The Morgan fingerprint density at radius 2 is 1.92 bits per heavy atom. The van der Waals surface area contributed by atoms with Gasteiger partial charge in [0.2, 0.25) is 0 Å². The third kappa shape index (κ3) is 3.12. The van der Waals surface area contributed by atoms with E-state index < -0.39 is 0 Å². The molecule has 0 saturated heterocycles. The molecule has 1 aliphatic rings. The van der Waals surface area contributed by atoms with Crippen molar-refractivity contribution in [1.82, 2.24) is 9.66 Å². The van der Waals surface area contributed by atoms with Gasteiger partial charge >= 0.3 is 0 Å². The van der Waals surface area contributed by atoms with E-state index in [0.29, 0.717) is 29.5 Å². The zero-order valence-electron chi connectivity index (χ0n) is 14.7. The molecule has 132 valence electrons. The van der Waals surface area contributed by atoms with Gasteiger partial charge in [0, 0.05) is 29.5 Å². The monoisotopic (exact) mass is 365 g/mol. The lowest BCUT2D eigenvalue weighted by Crippen LogP contribution is -2.30. The van der Waals surface area contributed by atoms with Crippen LogP contribution >= 0.6 is 11.3 Å². The largest absolute Gasteiger partial charge is 0.299 e. The Morgan fingerprint density at radius 3 is 2.65 bits per heavy atom. The van der Waals surface area contributed by atoms with Gasteiger partial charge in [-0.25, -0.2) is 4.98 Å². The van der Waals surface area contributed by atoms with Crippen molar-refractivity contribution >= 4 is 33.0 Å². The second-order valence-electron chi connectivity index (χ2n) is 7.49. The van der Waals surface area contributed by atoms with Crippen molar-refractivity contribution in [3.63, 3.8) is 0 Å². The lowest BCUT2D eigenvalue weighted by molar-refractivity contribution is -0.120. The van der Waals surface area contributed by atoms with Crippen molar-refractivity contribution in [1.29, 1.82) is 0 Å². The summed E-state index contributed by atoms with van der Waals surface area (Å²) in [4.78, 5) is 30.1. The fourth-order valence-electron chi connectivity index (χ4n) is 3.55. The molecule has 0 aliphatic heterocycles. The number of hydrogen-bond acceptors (Lipinski definition) is 5. The molecule has 5 nitrogen and oxygen atoms in total. The minimum absolute atomic E-state index is 0.118. The zero-order valence-corrected chi connectivity index (χ0v) is 15.5. The van der Waals surface area contributed by atoms with Gasteiger partial charge < -0.3 is 0 Å². The fraction of sp³-hybridized carbons (Fsp3) is 0.300. The molecular formula is C20H19N3O2S. The normalized spacial score (nSPS) is 18.5. The summed E-state index contributed by atoms with van der Waals surface area (Å²) in [6.45, 7) is 4.10. The summed E-state index contributed by atoms with van der Waals surface area (Å²) in [6, 6.07) is 9.80. The Bertz CT molecular complexity index is 1080. The summed E-state index contributed by atoms with van der Waals surface area (Å²) in [5.41, 5.74) is 2.28. The summed E-state index contributed by atoms with van der Waals surface area (Å²) in [6.07, 6.45) is 3.03. The molecule has 0 unspecified atom stereocenters. The van der Waals surface area contributed by atoms with Crippen LogP contribution in [0.1, 0.15) is 33.1 Å². The maximum atomic E-state index is 13.0. The molecule has 2 heterocycles. The highest BCUT2D eigenvalue weighted by Gasteiger charge is 2.30. The molecule has 0 N–H and O–H groups in total. The number of carbonyl (C=O) groups is 1. The van der Waals surface area contributed by atoms with Gasteiger partial charge in [-0.3, -0.25) is 9.59 Å². The van der Waals surface area contributed by atoms with E-state index in [4.69, 9.17) is 0 Å². The second-order valence-corrected chi connectivity index (χ2v) is 8.35. The molecule has 1 aromatic carbocycles. The van der Waals surface area contributed by atoms with E-state index in [1.54, 1.807) is 0 Å².